The largest absolute Gasteiger partial charge is 0.462 e. The summed E-state index contributed by atoms with van der Waals surface area (Å²) >= 11 is 0. The van der Waals surface area contributed by atoms with Gasteiger partial charge in [0.05, 0.1) is 11.8 Å². The third kappa shape index (κ3) is 4.05. The summed E-state index contributed by atoms with van der Waals surface area (Å²) < 4.78 is 5.60. The van der Waals surface area contributed by atoms with Crippen LogP contribution in [-0.4, -0.2) is 40.4 Å². The first-order valence-electron chi connectivity index (χ1n) is 13.1. The van der Waals surface area contributed by atoms with E-state index < -0.39 is 5.60 Å². The van der Waals surface area contributed by atoms with E-state index in [1.54, 1.807) is 0 Å². The molecule has 1 aromatic rings. The fraction of sp³-hybridized carbons (Fsp3) is 0.679. The minimum absolute atomic E-state index is 0.119. The Morgan fingerprint density at radius 2 is 1.94 bits per heavy atom. The Labute approximate surface area is 207 Å². The van der Waals surface area contributed by atoms with E-state index in [9.17, 15) is 14.7 Å². The summed E-state index contributed by atoms with van der Waals surface area (Å²) in [6, 6.07) is 9.89. The third-order valence-electron chi connectivity index (χ3n) is 9.83. The fourth-order valence-electron chi connectivity index (χ4n) is 8.17. The minimum atomic E-state index is -1.06. The van der Waals surface area contributed by atoms with Gasteiger partial charge in [-0.3, -0.25) is 9.59 Å². The Morgan fingerprint density at radius 3 is 2.69 bits per heavy atom. The lowest BCUT2D eigenvalue weighted by molar-refractivity contribution is -0.170. The number of oxime groups is 1. The van der Waals surface area contributed by atoms with Crippen molar-refractivity contribution in [3.63, 3.8) is 0 Å². The van der Waals surface area contributed by atoms with Crippen LogP contribution in [0.5, 0.6) is 0 Å². The van der Waals surface area contributed by atoms with Gasteiger partial charge >= 0.3 is 5.97 Å². The highest BCUT2D eigenvalue weighted by Crippen LogP contribution is 2.68. The van der Waals surface area contributed by atoms with Crippen LogP contribution >= 0.6 is 0 Å². The molecule has 0 spiro atoms. The predicted octanol–water partition coefficient (Wildman–Crippen LogP) is 3.98. The number of piperidine rings is 1. The number of carbonyl (C=O) groups excluding carboxylic acids is 2. The van der Waals surface area contributed by atoms with Crippen LogP contribution in [0.4, 0.5) is 0 Å². The SMILES string of the molecule is CC(=O)O[C@H]1CC[C@]2(C)[C@H]3CC[C@]4(C)NC(=O)CC[C@H]4[C@@H]3[C@@H](/C=N/OCc3ccccc3)[C@]2(O)C1. The van der Waals surface area contributed by atoms with Crippen molar-refractivity contribution >= 4 is 18.1 Å². The molecule has 8 atom stereocenters. The van der Waals surface area contributed by atoms with E-state index in [1.165, 1.54) is 6.92 Å². The quantitative estimate of drug-likeness (QED) is 0.376. The molecule has 4 aliphatic rings. The summed E-state index contributed by atoms with van der Waals surface area (Å²) in [5, 5.41) is 20.1. The van der Waals surface area contributed by atoms with Crippen molar-refractivity contribution in [2.45, 2.75) is 89.6 Å². The molecule has 3 aliphatic carbocycles. The standard InChI is InChI=1S/C28H38N2O5/c1-18(31)35-20-11-13-26(2)21-12-14-27(3)22(9-10-24(32)30-27)25(21)23(28(26,33)15-20)16-29-34-17-19-7-5-4-6-8-19/h4-8,16,20-23,25,33H,9-15,17H2,1-3H3,(H,30,32)/b29-16+/t20-,21-,22-,23+,25+,26+,27-,28+/m0/s1. The van der Waals surface area contributed by atoms with E-state index in [4.69, 9.17) is 9.57 Å². The molecule has 3 saturated carbocycles. The average Bonchev–Trinajstić information content (AvgIpc) is 2.99. The number of carbonyl (C=O) groups is 2. The van der Waals surface area contributed by atoms with Gasteiger partial charge < -0.3 is 20.0 Å². The van der Waals surface area contributed by atoms with Crippen LogP contribution in [0.3, 0.4) is 0 Å². The van der Waals surface area contributed by atoms with Crippen LogP contribution in [-0.2, 0) is 25.8 Å². The highest BCUT2D eigenvalue weighted by Gasteiger charge is 2.71. The summed E-state index contributed by atoms with van der Waals surface area (Å²) in [6.07, 6.45) is 6.68. The first-order valence-corrected chi connectivity index (χ1v) is 13.1. The molecular weight excluding hydrogens is 444 g/mol. The van der Waals surface area contributed by atoms with Crippen molar-refractivity contribution in [1.29, 1.82) is 0 Å². The number of aliphatic hydroxyl groups is 1. The number of amides is 1. The molecule has 1 amide bonds. The van der Waals surface area contributed by atoms with Gasteiger partial charge in [0, 0.05) is 36.6 Å². The topological polar surface area (TPSA) is 97.2 Å². The summed E-state index contributed by atoms with van der Waals surface area (Å²) in [6.45, 7) is 6.18. The molecule has 0 unspecified atom stereocenters. The smallest absolute Gasteiger partial charge is 0.302 e. The summed E-state index contributed by atoms with van der Waals surface area (Å²) in [7, 11) is 0. The van der Waals surface area contributed by atoms with Crippen molar-refractivity contribution in [3.8, 4) is 0 Å². The second-order valence-electron chi connectivity index (χ2n) is 11.7. The Bertz CT molecular complexity index is 998. The van der Waals surface area contributed by atoms with Gasteiger partial charge in [0.1, 0.15) is 12.7 Å². The molecule has 190 valence electrons. The Balaban J connectivity index is 1.47. The maximum Gasteiger partial charge on any atom is 0.302 e. The molecule has 0 radical (unpaired) electrons. The van der Waals surface area contributed by atoms with E-state index in [0.717, 1.165) is 37.7 Å². The van der Waals surface area contributed by atoms with Gasteiger partial charge in [0.15, 0.2) is 0 Å². The minimum Gasteiger partial charge on any atom is -0.462 e. The molecule has 1 heterocycles. The maximum atomic E-state index is 12.5. The molecule has 35 heavy (non-hydrogen) atoms. The second-order valence-corrected chi connectivity index (χ2v) is 11.7. The summed E-state index contributed by atoms with van der Waals surface area (Å²) in [4.78, 5) is 29.7. The zero-order valence-electron chi connectivity index (χ0n) is 21.0. The summed E-state index contributed by atoms with van der Waals surface area (Å²) in [5.74, 6) is 0.300. The first-order chi connectivity index (χ1) is 16.7. The number of esters is 1. The van der Waals surface area contributed by atoms with Crippen LogP contribution in [0, 0.1) is 29.1 Å². The van der Waals surface area contributed by atoms with E-state index >= 15 is 0 Å². The molecule has 1 saturated heterocycles. The molecule has 4 fully saturated rings. The normalized spacial score (nSPS) is 42.5. The van der Waals surface area contributed by atoms with E-state index in [-0.39, 0.29) is 46.7 Å². The molecule has 1 aliphatic heterocycles. The molecule has 7 nitrogen and oxygen atoms in total. The number of rotatable bonds is 5. The fourth-order valence-corrected chi connectivity index (χ4v) is 8.17. The van der Waals surface area contributed by atoms with E-state index in [0.29, 0.717) is 25.4 Å². The maximum absolute atomic E-state index is 12.5. The second kappa shape index (κ2) is 8.91. The van der Waals surface area contributed by atoms with Crippen LogP contribution in [0.15, 0.2) is 35.5 Å². The van der Waals surface area contributed by atoms with E-state index in [2.05, 4.69) is 24.3 Å². The van der Waals surface area contributed by atoms with Gasteiger partial charge in [-0.2, -0.15) is 0 Å². The molecule has 0 bridgehead atoms. The van der Waals surface area contributed by atoms with E-state index in [1.807, 2.05) is 36.5 Å². The highest BCUT2D eigenvalue weighted by molar-refractivity contribution is 5.78. The van der Waals surface area contributed by atoms with Crippen LogP contribution in [0.2, 0.25) is 0 Å². The zero-order valence-corrected chi connectivity index (χ0v) is 21.0. The van der Waals surface area contributed by atoms with Crippen LogP contribution in [0.1, 0.15) is 71.3 Å². The number of benzene rings is 1. The zero-order chi connectivity index (χ0) is 24.8. The van der Waals surface area contributed by atoms with Crippen molar-refractivity contribution in [3.05, 3.63) is 35.9 Å². The number of nitrogens with one attached hydrogen (secondary N) is 1. The van der Waals surface area contributed by atoms with Crippen molar-refractivity contribution in [1.82, 2.24) is 5.32 Å². The average molecular weight is 483 g/mol. The number of fused-ring (bicyclic) bond motifs is 5. The van der Waals surface area contributed by atoms with Crippen molar-refractivity contribution in [2.75, 3.05) is 0 Å². The predicted molar refractivity (Wildman–Crippen MR) is 131 cm³/mol. The van der Waals surface area contributed by atoms with Crippen molar-refractivity contribution in [2.24, 2.45) is 34.2 Å². The lowest BCUT2D eigenvalue weighted by Gasteiger charge is -2.54. The number of nitrogens with zero attached hydrogens (tertiary/aromatic N) is 1. The molecule has 7 heteroatoms. The molecule has 5 rings (SSSR count). The number of ether oxygens (including phenoxy) is 1. The monoisotopic (exact) mass is 482 g/mol. The Morgan fingerprint density at radius 1 is 1.17 bits per heavy atom. The molecule has 2 N–H and O–H groups in total. The van der Waals surface area contributed by atoms with Crippen LogP contribution < -0.4 is 5.32 Å². The molecule has 1 aromatic carbocycles. The van der Waals surface area contributed by atoms with Crippen LogP contribution in [0.25, 0.3) is 0 Å². The van der Waals surface area contributed by atoms with Gasteiger partial charge in [-0.15, -0.1) is 0 Å². The Hall–Kier alpha value is -2.41. The summed E-state index contributed by atoms with van der Waals surface area (Å²) in [5.41, 5.74) is -0.617. The molecule has 0 aromatic heterocycles. The highest BCUT2D eigenvalue weighted by atomic mass is 16.6. The van der Waals surface area contributed by atoms with Gasteiger partial charge in [0.2, 0.25) is 5.91 Å². The van der Waals surface area contributed by atoms with Gasteiger partial charge in [0.25, 0.3) is 0 Å². The Kier molecular flexibility index (Phi) is 6.19. The number of hydrogen-bond donors (Lipinski definition) is 2. The van der Waals surface area contributed by atoms with Gasteiger partial charge in [-0.05, 0) is 62.3 Å². The first kappa shape index (κ1) is 24.3. The van der Waals surface area contributed by atoms with Gasteiger partial charge in [-0.25, -0.2) is 0 Å². The molecular formula is C28H38N2O5. The lowest BCUT2D eigenvalue weighted by Crippen LogP contribution is -2.61. The number of hydrogen-bond acceptors (Lipinski definition) is 6. The van der Waals surface area contributed by atoms with Gasteiger partial charge in [-0.1, -0.05) is 42.4 Å². The van der Waals surface area contributed by atoms with Crippen molar-refractivity contribution < 1.29 is 24.3 Å². The lowest BCUT2D eigenvalue weighted by atomic mass is 9.55. The third-order valence-corrected chi connectivity index (χ3v) is 9.83.